The quantitative estimate of drug-likeness (QED) is 0.531. The maximum atomic E-state index is 13.0. The van der Waals surface area contributed by atoms with Gasteiger partial charge in [-0.15, -0.1) is 0 Å². The number of cyclic esters (lactones) is 1. The summed E-state index contributed by atoms with van der Waals surface area (Å²) < 4.78 is 56.0. The molecule has 0 unspecified atom stereocenters. The molecular formula is C27H31F3N2O4. The SMILES string of the molecule is O=C1OC[C@H](Cc2ccccc2)N1CCC1CCN(C[C@H]2COc3ccc(C(F)(F)F)cc3O2)CC1. The summed E-state index contributed by atoms with van der Waals surface area (Å²) in [6.07, 6.45) is -1.20. The summed E-state index contributed by atoms with van der Waals surface area (Å²) in [5, 5.41) is 0. The minimum absolute atomic E-state index is 0.0733. The molecule has 194 valence electrons. The third-order valence-electron chi connectivity index (χ3n) is 7.33. The topological polar surface area (TPSA) is 51.2 Å². The van der Waals surface area contributed by atoms with E-state index >= 15 is 0 Å². The van der Waals surface area contributed by atoms with E-state index < -0.39 is 11.7 Å². The molecule has 0 aliphatic carbocycles. The predicted molar refractivity (Wildman–Crippen MR) is 127 cm³/mol. The van der Waals surface area contributed by atoms with Gasteiger partial charge in [-0.3, -0.25) is 4.90 Å². The summed E-state index contributed by atoms with van der Waals surface area (Å²) in [4.78, 5) is 16.4. The number of amides is 1. The lowest BCUT2D eigenvalue weighted by Crippen LogP contribution is -2.44. The zero-order valence-electron chi connectivity index (χ0n) is 20.1. The van der Waals surface area contributed by atoms with Crippen LogP contribution < -0.4 is 9.47 Å². The Hall–Kier alpha value is -2.94. The van der Waals surface area contributed by atoms with E-state index in [9.17, 15) is 18.0 Å². The Balaban J connectivity index is 1.07. The van der Waals surface area contributed by atoms with Gasteiger partial charge < -0.3 is 19.1 Å². The molecule has 2 atom stereocenters. The largest absolute Gasteiger partial charge is 0.486 e. The molecule has 1 amide bonds. The Morgan fingerprint density at radius 3 is 2.47 bits per heavy atom. The Morgan fingerprint density at radius 1 is 0.944 bits per heavy atom. The highest BCUT2D eigenvalue weighted by atomic mass is 19.4. The number of likely N-dealkylation sites (tertiary alicyclic amines) is 1. The number of carbonyl (C=O) groups excluding carboxylic acids is 1. The number of hydrogen-bond donors (Lipinski definition) is 0. The molecule has 3 aliphatic rings. The van der Waals surface area contributed by atoms with Crippen molar-refractivity contribution < 1.29 is 32.2 Å². The Labute approximate surface area is 208 Å². The highest BCUT2D eigenvalue weighted by molar-refractivity contribution is 5.70. The zero-order valence-corrected chi connectivity index (χ0v) is 20.1. The summed E-state index contributed by atoms with van der Waals surface area (Å²) in [7, 11) is 0. The van der Waals surface area contributed by atoms with Crippen LogP contribution >= 0.6 is 0 Å². The van der Waals surface area contributed by atoms with E-state index in [0.717, 1.165) is 50.9 Å². The van der Waals surface area contributed by atoms with Gasteiger partial charge in [-0.2, -0.15) is 13.2 Å². The van der Waals surface area contributed by atoms with E-state index in [1.807, 2.05) is 23.1 Å². The normalized spacial score (nSPS) is 23.1. The molecule has 2 aromatic rings. The number of piperidine rings is 1. The standard InChI is InChI=1S/C27H31F3N2O4/c28-27(29,30)21-6-7-24-25(15-21)36-23(18-34-24)16-31-11-8-19(9-12-31)10-13-32-22(17-35-26(32)33)14-20-4-2-1-3-5-20/h1-7,15,19,22-23H,8-14,16-18H2/t22-,23-/m0/s1. The molecule has 2 aromatic carbocycles. The van der Waals surface area contributed by atoms with E-state index in [4.69, 9.17) is 14.2 Å². The summed E-state index contributed by atoms with van der Waals surface area (Å²) in [5.74, 6) is 1.02. The van der Waals surface area contributed by atoms with Crippen LogP contribution in [0.4, 0.5) is 18.0 Å². The first kappa shape index (κ1) is 24.7. The second-order valence-electron chi connectivity index (χ2n) is 9.86. The number of carbonyl (C=O) groups is 1. The number of hydrogen-bond acceptors (Lipinski definition) is 5. The van der Waals surface area contributed by atoms with Crippen molar-refractivity contribution in [3.05, 3.63) is 59.7 Å². The van der Waals surface area contributed by atoms with Crippen molar-refractivity contribution in [2.24, 2.45) is 5.92 Å². The van der Waals surface area contributed by atoms with Crippen molar-refractivity contribution in [1.82, 2.24) is 9.80 Å². The number of nitrogens with zero attached hydrogens (tertiary/aromatic N) is 2. The Morgan fingerprint density at radius 2 is 1.72 bits per heavy atom. The smallest absolute Gasteiger partial charge is 0.416 e. The summed E-state index contributed by atoms with van der Waals surface area (Å²) >= 11 is 0. The fraction of sp³-hybridized carbons (Fsp3) is 0.519. The monoisotopic (exact) mass is 504 g/mol. The van der Waals surface area contributed by atoms with Crippen LogP contribution in [0.25, 0.3) is 0 Å². The number of fused-ring (bicyclic) bond motifs is 1. The van der Waals surface area contributed by atoms with Crippen LogP contribution in [0.1, 0.15) is 30.4 Å². The van der Waals surface area contributed by atoms with Crippen LogP contribution in [-0.2, 0) is 17.3 Å². The van der Waals surface area contributed by atoms with Crippen molar-refractivity contribution in [2.45, 2.75) is 44.0 Å². The molecule has 3 aliphatic heterocycles. The van der Waals surface area contributed by atoms with Crippen molar-refractivity contribution in [3.63, 3.8) is 0 Å². The number of rotatable bonds is 7. The minimum Gasteiger partial charge on any atom is -0.486 e. The molecule has 36 heavy (non-hydrogen) atoms. The van der Waals surface area contributed by atoms with Gasteiger partial charge in [0.1, 0.15) is 19.3 Å². The fourth-order valence-corrected chi connectivity index (χ4v) is 5.27. The number of alkyl halides is 3. The molecule has 0 bridgehead atoms. The van der Waals surface area contributed by atoms with Crippen LogP contribution in [0.5, 0.6) is 11.5 Å². The Kier molecular flexibility index (Phi) is 7.27. The fourth-order valence-electron chi connectivity index (χ4n) is 5.27. The molecule has 0 aromatic heterocycles. The lowest BCUT2D eigenvalue weighted by molar-refractivity contribution is -0.137. The van der Waals surface area contributed by atoms with Crippen molar-refractivity contribution >= 4 is 6.09 Å². The first-order chi connectivity index (χ1) is 17.3. The number of ether oxygens (including phenoxy) is 3. The van der Waals surface area contributed by atoms with Crippen LogP contribution in [0.3, 0.4) is 0 Å². The molecule has 0 radical (unpaired) electrons. The van der Waals surface area contributed by atoms with Gasteiger partial charge in [0.05, 0.1) is 11.6 Å². The maximum absolute atomic E-state index is 13.0. The average molecular weight is 505 g/mol. The molecule has 2 fully saturated rings. The van der Waals surface area contributed by atoms with Crippen LogP contribution in [0, 0.1) is 5.92 Å². The predicted octanol–water partition coefficient (Wildman–Crippen LogP) is 5.01. The molecule has 0 spiro atoms. The molecule has 9 heteroatoms. The van der Waals surface area contributed by atoms with E-state index in [-0.39, 0.29) is 24.0 Å². The number of benzene rings is 2. The lowest BCUT2D eigenvalue weighted by Gasteiger charge is -2.36. The highest BCUT2D eigenvalue weighted by Crippen LogP contribution is 2.38. The van der Waals surface area contributed by atoms with E-state index in [0.29, 0.717) is 38.0 Å². The summed E-state index contributed by atoms with van der Waals surface area (Å²) in [5.41, 5.74) is 0.462. The molecule has 0 N–H and O–H groups in total. The lowest BCUT2D eigenvalue weighted by atomic mass is 9.93. The van der Waals surface area contributed by atoms with Gasteiger partial charge in [-0.25, -0.2) is 4.79 Å². The summed E-state index contributed by atoms with van der Waals surface area (Å²) in [6, 6.07) is 13.6. The van der Waals surface area contributed by atoms with Gasteiger partial charge in [0.2, 0.25) is 0 Å². The second-order valence-corrected chi connectivity index (χ2v) is 9.86. The van der Waals surface area contributed by atoms with E-state index in [2.05, 4.69) is 17.0 Å². The van der Waals surface area contributed by atoms with Crippen molar-refractivity contribution in [1.29, 1.82) is 0 Å². The van der Waals surface area contributed by atoms with Gasteiger partial charge in [0.25, 0.3) is 0 Å². The molecule has 2 saturated heterocycles. The van der Waals surface area contributed by atoms with Gasteiger partial charge in [-0.1, -0.05) is 30.3 Å². The van der Waals surface area contributed by atoms with Crippen molar-refractivity contribution in [3.8, 4) is 11.5 Å². The molecule has 0 saturated carbocycles. The first-order valence-corrected chi connectivity index (χ1v) is 12.6. The van der Waals surface area contributed by atoms with Crippen LogP contribution in [0.2, 0.25) is 0 Å². The van der Waals surface area contributed by atoms with E-state index in [1.165, 1.54) is 11.6 Å². The van der Waals surface area contributed by atoms with Gasteiger partial charge in [-0.05, 0) is 68.5 Å². The average Bonchev–Trinajstić information content (AvgIpc) is 3.22. The molecule has 6 nitrogen and oxygen atoms in total. The van der Waals surface area contributed by atoms with Gasteiger partial charge in [0, 0.05) is 13.1 Å². The second kappa shape index (κ2) is 10.6. The van der Waals surface area contributed by atoms with Gasteiger partial charge >= 0.3 is 12.3 Å². The minimum atomic E-state index is -4.42. The third kappa shape index (κ3) is 5.88. The first-order valence-electron chi connectivity index (χ1n) is 12.6. The number of halogens is 3. The molecule has 3 heterocycles. The maximum Gasteiger partial charge on any atom is 0.416 e. The van der Waals surface area contributed by atoms with Crippen LogP contribution in [-0.4, -0.2) is 67.4 Å². The van der Waals surface area contributed by atoms with Gasteiger partial charge in [0.15, 0.2) is 11.5 Å². The molecule has 5 rings (SSSR count). The highest BCUT2D eigenvalue weighted by Gasteiger charge is 2.35. The Bertz CT molecular complexity index is 1040. The van der Waals surface area contributed by atoms with Crippen LogP contribution in [0.15, 0.2) is 48.5 Å². The van der Waals surface area contributed by atoms with E-state index in [1.54, 1.807) is 0 Å². The summed E-state index contributed by atoms with van der Waals surface area (Å²) in [6.45, 7) is 3.83. The molecular weight excluding hydrogens is 473 g/mol. The third-order valence-corrected chi connectivity index (χ3v) is 7.33. The zero-order chi connectivity index (χ0) is 25.1. The van der Waals surface area contributed by atoms with Crippen molar-refractivity contribution in [2.75, 3.05) is 39.4 Å².